The number of hydrogen-bond donors (Lipinski definition) is 3. The van der Waals surface area contributed by atoms with Gasteiger partial charge in [0, 0.05) is 16.5 Å². The second-order valence-corrected chi connectivity index (χ2v) is 16.6. The predicted molar refractivity (Wildman–Crippen MR) is 254 cm³/mol. The summed E-state index contributed by atoms with van der Waals surface area (Å²) in [6.45, 7) is 0. The zero-order chi connectivity index (χ0) is 41.0. The molecule has 296 valence electrons. The maximum absolute atomic E-state index is 3.92. The van der Waals surface area contributed by atoms with Crippen molar-refractivity contribution >= 4 is 21.8 Å². The van der Waals surface area contributed by atoms with Gasteiger partial charge in [0.15, 0.2) is 0 Å². The van der Waals surface area contributed by atoms with Crippen LogP contribution < -0.4 is 16.0 Å². The van der Waals surface area contributed by atoms with Gasteiger partial charge >= 0.3 is 0 Å². The zero-order valence-corrected chi connectivity index (χ0v) is 34.1. The molecule has 62 heavy (non-hydrogen) atoms. The molecule has 3 N–H and O–H groups in total. The van der Waals surface area contributed by atoms with Crippen molar-refractivity contribution in [1.82, 2.24) is 20.5 Å². The molecule has 1 saturated heterocycles. The van der Waals surface area contributed by atoms with E-state index < -0.39 is 5.41 Å². The molecule has 0 radical (unpaired) electrons. The Bertz CT molecular complexity index is 3130. The van der Waals surface area contributed by atoms with Gasteiger partial charge in [-0.1, -0.05) is 206 Å². The van der Waals surface area contributed by atoms with Crippen molar-refractivity contribution in [2.24, 2.45) is 0 Å². The van der Waals surface area contributed by atoms with Crippen molar-refractivity contribution < 1.29 is 0 Å². The highest BCUT2D eigenvalue weighted by atomic mass is 15.4. The number of aromatic nitrogens is 1. The second kappa shape index (κ2) is 15.0. The van der Waals surface area contributed by atoms with E-state index >= 15 is 0 Å². The Morgan fingerprint density at radius 2 is 0.903 bits per heavy atom. The summed E-state index contributed by atoms with van der Waals surface area (Å²) >= 11 is 0. The lowest BCUT2D eigenvalue weighted by molar-refractivity contribution is 0.203. The molecule has 1 aromatic heterocycles. The monoisotopic (exact) mass is 796 g/mol. The van der Waals surface area contributed by atoms with E-state index in [9.17, 15) is 0 Å². The Hall–Kier alpha value is -7.34. The number of hydrogen-bond acceptors (Lipinski definition) is 3. The van der Waals surface area contributed by atoms with Crippen LogP contribution >= 0.6 is 0 Å². The molecule has 0 amide bonds. The van der Waals surface area contributed by atoms with Gasteiger partial charge in [-0.15, -0.1) is 0 Å². The molecule has 0 spiro atoms. The van der Waals surface area contributed by atoms with Crippen LogP contribution in [0.3, 0.4) is 0 Å². The zero-order valence-electron chi connectivity index (χ0n) is 34.1. The largest absolute Gasteiger partial charge is 0.309 e. The van der Waals surface area contributed by atoms with Crippen LogP contribution in [0.2, 0.25) is 0 Å². The van der Waals surface area contributed by atoms with Gasteiger partial charge < -0.3 is 4.57 Å². The lowest BCUT2D eigenvalue weighted by atomic mass is 9.67. The highest BCUT2D eigenvalue weighted by molar-refractivity contribution is 6.19. The van der Waals surface area contributed by atoms with E-state index in [-0.39, 0.29) is 18.5 Å². The average molecular weight is 797 g/mol. The smallest absolute Gasteiger partial charge is 0.0865 e. The van der Waals surface area contributed by atoms with Crippen molar-refractivity contribution in [3.63, 3.8) is 0 Å². The first-order chi connectivity index (χ1) is 30.8. The third kappa shape index (κ3) is 5.80. The van der Waals surface area contributed by atoms with Gasteiger partial charge in [0.1, 0.15) is 0 Å². The Kier molecular flexibility index (Phi) is 8.82. The molecule has 0 saturated carbocycles. The fourth-order valence-corrected chi connectivity index (χ4v) is 10.5. The van der Waals surface area contributed by atoms with Crippen LogP contribution in [0.4, 0.5) is 0 Å². The molecule has 4 heteroatoms. The van der Waals surface area contributed by atoms with E-state index in [0.29, 0.717) is 0 Å². The minimum atomic E-state index is -0.488. The van der Waals surface area contributed by atoms with Crippen LogP contribution in [0.1, 0.15) is 57.4 Å². The fraction of sp³-hybridized carbons (Fsp3) is 0.0690. The van der Waals surface area contributed by atoms with Crippen molar-refractivity contribution in [2.75, 3.05) is 0 Å². The van der Waals surface area contributed by atoms with Gasteiger partial charge in [-0.25, -0.2) is 0 Å². The maximum Gasteiger partial charge on any atom is 0.0865 e. The lowest BCUT2D eigenvalue weighted by Gasteiger charge is -2.39. The van der Waals surface area contributed by atoms with Crippen molar-refractivity contribution in [3.8, 4) is 27.9 Å². The van der Waals surface area contributed by atoms with Gasteiger partial charge in [0.05, 0.1) is 34.9 Å². The molecule has 12 rings (SSSR count). The van der Waals surface area contributed by atoms with Crippen LogP contribution in [0.25, 0.3) is 49.7 Å². The first-order valence-corrected chi connectivity index (χ1v) is 21.6. The molecule has 2 heterocycles. The molecule has 2 aliphatic rings. The quantitative estimate of drug-likeness (QED) is 0.150. The highest BCUT2D eigenvalue weighted by Crippen LogP contribution is 2.59. The number of nitrogens with zero attached hydrogens (tertiary/aromatic N) is 1. The van der Waals surface area contributed by atoms with E-state index in [0.717, 1.165) is 5.69 Å². The normalized spacial score (nSPS) is 17.8. The number of rotatable bonds is 7. The summed E-state index contributed by atoms with van der Waals surface area (Å²) < 4.78 is 2.50. The third-order valence-electron chi connectivity index (χ3n) is 13.2. The predicted octanol–water partition coefficient (Wildman–Crippen LogP) is 13.0. The first kappa shape index (κ1) is 36.5. The van der Waals surface area contributed by atoms with Crippen LogP contribution in [0, 0.1) is 0 Å². The molecule has 1 aliphatic carbocycles. The second-order valence-electron chi connectivity index (χ2n) is 16.6. The van der Waals surface area contributed by atoms with Gasteiger partial charge in [-0.2, -0.15) is 0 Å². The van der Waals surface area contributed by atoms with E-state index in [1.165, 1.54) is 83.0 Å². The summed E-state index contributed by atoms with van der Waals surface area (Å²) in [5, 5.41) is 14.2. The van der Waals surface area contributed by atoms with Gasteiger partial charge in [-0.05, 0) is 85.5 Å². The van der Waals surface area contributed by atoms with Crippen molar-refractivity contribution in [3.05, 3.63) is 269 Å². The van der Waals surface area contributed by atoms with Crippen LogP contribution in [0.15, 0.2) is 231 Å². The molecule has 4 nitrogen and oxygen atoms in total. The van der Waals surface area contributed by atoms with Gasteiger partial charge in [0.2, 0.25) is 0 Å². The van der Waals surface area contributed by atoms with E-state index in [4.69, 9.17) is 0 Å². The summed E-state index contributed by atoms with van der Waals surface area (Å²) in [5.41, 5.74) is 16.7. The van der Waals surface area contributed by atoms with Crippen LogP contribution in [0.5, 0.6) is 0 Å². The summed E-state index contributed by atoms with van der Waals surface area (Å²) in [7, 11) is 0. The molecular weight excluding hydrogens is 753 g/mol. The van der Waals surface area contributed by atoms with Crippen LogP contribution in [-0.4, -0.2) is 4.57 Å². The van der Waals surface area contributed by atoms with E-state index in [1.54, 1.807) is 0 Å². The van der Waals surface area contributed by atoms with Crippen molar-refractivity contribution in [2.45, 2.75) is 23.9 Å². The maximum atomic E-state index is 3.92. The summed E-state index contributed by atoms with van der Waals surface area (Å²) in [6, 6.07) is 84.3. The van der Waals surface area contributed by atoms with E-state index in [2.05, 4.69) is 251 Å². The van der Waals surface area contributed by atoms with Crippen molar-refractivity contribution in [1.29, 1.82) is 0 Å². The molecule has 2 atom stereocenters. The summed E-state index contributed by atoms with van der Waals surface area (Å²) in [5.74, 6) is 0. The fourth-order valence-electron chi connectivity index (χ4n) is 10.5. The summed E-state index contributed by atoms with van der Waals surface area (Å²) in [6.07, 6.45) is -0.252. The standard InChI is InChI=1S/C58H44N4/c1-6-19-39(20-7-1)42-33-34-48-52(38-42)62(46-30-18-25-43(37-46)57-60-55(40-21-8-2-9-22-40)59-56(61-57)41-23-10-3-11-24-41)51-36-35-50-53(54(48)51)47-31-16-17-32-49(47)58(50,44-26-12-4-13-27-44)45-28-14-5-15-29-45/h1-38,55-57,59-61H. The molecule has 1 aliphatic heterocycles. The number of fused-ring (bicyclic) bond motifs is 7. The SMILES string of the molecule is c1ccc(-c2ccc3c4c5c(ccc4n(-c4cccc(C6NC(c7ccccc7)NC(c7ccccc7)N6)c4)c3c2)C(c2ccccc2)(c2ccccc2)c2ccccc2-5)cc1. The van der Waals surface area contributed by atoms with Gasteiger partial charge in [0.25, 0.3) is 0 Å². The Balaban J connectivity index is 1.09. The molecule has 9 aromatic carbocycles. The minimum absolute atomic E-state index is 0.0601. The minimum Gasteiger partial charge on any atom is -0.309 e. The number of nitrogens with one attached hydrogen (secondary N) is 3. The average Bonchev–Trinajstić information content (AvgIpc) is 3.85. The third-order valence-corrected chi connectivity index (χ3v) is 13.2. The molecule has 10 aromatic rings. The number of benzene rings is 9. The van der Waals surface area contributed by atoms with Gasteiger partial charge in [-0.3, -0.25) is 16.0 Å². The molecule has 1 fully saturated rings. The molecule has 2 unspecified atom stereocenters. The Morgan fingerprint density at radius 3 is 1.53 bits per heavy atom. The Labute approximate surface area is 362 Å². The highest BCUT2D eigenvalue weighted by Gasteiger charge is 2.47. The Morgan fingerprint density at radius 1 is 0.371 bits per heavy atom. The molecule has 0 bridgehead atoms. The lowest BCUT2D eigenvalue weighted by Crippen LogP contribution is -2.54. The first-order valence-electron chi connectivity index (χ1n) is 21.6. The molecular formula is C58H44N4. The van der Waals surface area contributed by atoms with Crippen LogP contribution in [-0.2, 0) is 5.41 Å². The summed E-state index contributed by atoms with van der Waals surface area (Å²) in [4.78, 5) is 0. The topological polar surface area (TPSA) is 41.0 Å². The van der Waals surface area contributed by atoms with E-state index in [1.807, 2.05) is 0 Å².